The van der Waals surface area contributed by atoms with Crippen molar-refractivity contribution in [2.45, 2.75) is 65.5 Å². The summed E-state index contributed by atoms with van der Waals surface area (Å²) in [6.45, 7) is 13.5. The van der Waals surface area contributed by atoms with Crippen LogP contribution in [0.25, 0.3) is 0 Å². The fourth-order valence-corrected chi connectivity index (χ4v) is 2.96. The second kappa shape index (κ2) is 9.16. The maximum atomic E-state index is 6.09. The first-order valence-electron chi connectivity index (χ1n) is 8.63. The lowest BCUT2D eigenvalue weighted by Crippen LogP contribution is -2.46. The molecule has 0 aromatic heterocycles. The molecular weight excluding hydrogens is 272 g/mol. The predicted molar refractivity (Wildman–Crippen MR) is 95.4 cm³/mol. The molecule has 1 unspecified atom stereocenters. The van der Waals surface area contributed by atoms with Gasteiger partial charge in [-0.3, -0.25) is 4.90 Å². The van der Waals surface area contributed by atoms with Crippen LogP contribution in [0.1, 0.15) is 65.5 Å². The molecule has 1 rings (SSSR count). The number of rotatable bonds is 9. The maximum absolute atomic E-state index is 6.09. The minimum Gasteiger partial charge on any atom is -0.494 e. The van der Waals surface area contributed by atoms with E-state index in [-0.39, 0.29) is 11.6 Å². The van der Waals surface area contributed by atoms with E-state index in [4.69, 9.17) is 10.5 Å². The fraction of sp³-hybridized carbons (Fsp3) is 0.684. The summed E-state index contributed by atoms with van der Waals surface area (Å²) in [7, 11) is 0. The highest BCUT2D eigenvalue weighted by Crippen LogP contribution is 2.29. The summed E-state index contributed by atoms with van der Waals surface area (Å²) >= 11 is 0. The Balaban J connectivity index is 2.84. The van der Waals surface area contributed by atoms with Crippen LogP contribution in [0, 0.1) is 0 Å². The lowest BCUT2D eigenvalue weighted by atomic mass is 9.97. The minimum absolute atomic E-state index is 0.0940. The lowest BCUT2D eigenvalue weighted by molar-refractivity contribution is 0.0918. The zero-order chi connectivity index (χ0) is 16.6. The predicted octanol–water partition coefficient (Wildman–Crippen LogP) is 4.38. The molecule has 1 aromatic rings. The van der Waals surface area contributed by atoms with Gasteiger partial charge in [0.2, 0.25) is 0 Å². The summed E-state index contributed by atoms with van der Waals surface area (Å²) in [4.78, 5) is 2.45. The van der Waals surface area contributed by atoms with E-state index in [2.05, 4.69) is 57.7 Å². The van der Waals surface area contributed by atoms with Crippen LogP contribution in [0.3, 0.4) is 0 Å². The van der Waals surface area contributed by atoms with Crippen LogP contribution in [-0.4, -0.2) is 30.1 Å². The minimum atomic E-state index is 0.0940. The maximum Gasteiger partial charge on any atom is 0.119 e. The van der Waals surface area contributed by atoms with Gasteiger partial charge in [-0.25, -0.2) is 0 Å². The Morgan fingerprint density at radius 2 is 1.91 bits per heavy atom. The molecule has 1 aromatic carbocycles. The van der Waals surface area contributed by atoms with E-state index >= 15 is 0 Å². The van der Waals surface area contributed by atoms with Crippen molar-refractivity contribution < 1.29 is 4.74 Å². The van der Waals surface area contributed by atoms with Crippen molar-refractivity contribution in [3.05, 3.63) is 29.8 Å². The highest BCUT2D eigenvalue weighted by Gasteiger charge is 2.27. The van der Waals surface area contributed by atoms with Gasteiger partial charge in [0.05, 0.1) is 6.61 Å². The molecule has 0 fully saturated rings. The Morgan fingerprint density at radius 3 is 2.45 bits per heavy atom. The van der Waals surface area contributed by atoms with Crippen molar-refractivity contribution in [2.75, 3.05) is 19.7 Å². The van der Waals surface area contributed by atoms with Crippen LogP contribution >= 0.6 is 0 Å². The third-order valence-electron chi connectivity index (χ3n) is 4.06. The van der Waals surface area contributed by atoms with Crippen molar-refractivity contribution >= 4 is 0 Å². The van der Waals surface area contributed by atoms with Crippen molar-refractivity contribution in [2.24, 2.45) is 5.73 Å². The normalized spacial score (nSPS) is 13.4. The summed E-state index contributed by atoms with van der Waals surface area (Å²) in [6, 6.07) is 8.65. The molecule has 126 valence electrons. The monoisotopic (exact) mass is 306 g/mol. The van der Waals surface area contributed by atoms with Gasteiger partial charge >= 0.3 is 0 Å². The van der Waals surface area contributed by atoms with Gasteiger partial charge in [0.25, 0.3) is 0 Å². The molecular formula is C19H34N2O. The standard InChI is InChI=1S/C19H34N2O/c1-6-8-9-13-22-17-12-10-11-16(14-17)18(15-20)21(7-2)19(3,4)5/h10-12,14,18H,6-9,13,15,20H2,1-5H3. The van der Waals surface area contributed by atoms with Crippen LogP contribution in [0.15, 0.2) is 24.3 Å². The molecule has 22 heavy (non-hydrogen) atoms. The number of nitrogens with two attached hydrogens (primary N) is 1. The molecule has 0 bridgehead atoms. The highest BCUT2D eigenvalue weighted by molar-refractivity contribution is 5.31. The topological polar surface area (TPSA) is 38.5 Å². The molecule has 0 radical (unpaired) electrons. The molecule has 0 aliphatic carbocycles. The van der Waals surface area contributed by atoms with Crippen LogP contribution in [0.4, 0.5) is 0 Å². The van der Waals surface area contributed by atoms with Crippen molar-refractivity contribution in [1.29, 1.82) is 0 Å². The van der Waals surface area contributed by atoms with Crippen LogP contribution in [-0.2, 0) is 0 Å². The first-order chi connectivity index (χ1) is 10.4. The van der Waals surface area contributed by atoms with E-state index < -0.39 is 0 Å². The van der Waals surface area contributed by atoms with Gasteiger partial charge in [0.15, 0.2) is 0 Å². The van der Waals surface area contributed by atoms with E-state index in [0.29, 0.717) is 6.54 Å². The molecule has 3 heteroatoms. The summed E-state index contributed by atoms with van der Waals surface area (Å²) in [6.07, 6.45) is 3.55. The average molecular weight is 306 g/mol. The van der Waals surface area contributed by atoms with Crippen molar-refractivity contribution in [1.82, 2.24) is 4.90 Å². The second-order valence-electron chi connectivity index (χ2n) is 6.84. The lowest BCUT2D eigenvalue weighted by Gasteiger charge is -2.41. The van der Waals surface area contributed by atoms with Crippen molar-refractivity contribution in [3.63, 3.8) is 0 Å². The van der Waals surface area contributed by atoms with E-state index in [9.17, 15) is 0 Å². The summed E-state index contributed by atoms with van der Waals surface area (Å²) < 4.78 is 5.88. The van der Waals surface area contributed by atoms with Gasteiger partial charge in [-0.15, -0.1) is 0 Å². The van der Waals surface area contributed by atoms with Crippen LogP contribution in [0.2, 0.25) is 0 Å². The third kappa shape index (κ3) is 5.62. The Kier molecular flexibility index (Phi) is 7.91. The largest absolute Gasteiger partial charge is 0.494 e. The van der Waals surface area contributed by atoms with Crippen LogP contribution < -0.4 is 10.5 Å². The number of benzene rings is 1. The van der Waals surface area contributed by atoms with Gasteiger partial charge in [0.1, 0.15) is 5.75 Å². The number of unbranched alkanes of at least 4 members (excludes halogenated alkanes) is 2. The Morgan fingerprint density at radius 1 is 1.18 bits per heavy atom. The van der Waals surface area contributed by atoms with Crippen LogP contribution in [0.5, 0.6) is 5.75 Å². The highest BCUT2D eigenvalue weighted by atomic mass is 16.5. The molecule has 0 heterocycles. The first-order valence-corrected chi connectivity index (χ1v) is 8.63. The molecule has 0 amide bonds. The zero-order valence-electron chi connectivity index (χ0n) is 15.1. The summed E-state index contributed by atoms with van der Waals surface area (Å²) in [5.41, 5.74) is 7.42. The summed E-state index contributed by atoms with van der Waals surface area (Å²) in [5.74, 6) is 0.956. The summed E-state index contributed by atoms with van der Waals surface area (Å²) in [5, 5.41) is 0. The van der Waals surface area contributed by atoms with Gasteiger partial charge in [0, 0.05) is 18.1 Å². The van der Waals surface area contributed by atoms with Gasteiger partial charge in [-0.2, -0.15) is 0 Å². The number of hydrogen-bond donors (Lipinski definition) is 1. The third-order valence-corrected chi connectivity index (χ3v) is 4.06. The van der Waals surface area contributed by atoms with E-state index in [1.165, 1.54) is 18.4 Å². The van der Waals surface area contributed by atoms with Gasteiger partial charge in [-0.05, 0) is 51.4 Å². The molecule has 0 saturated carbocycles. The number of hydrogen-bond acceptors (Lipinski definition) is 3. The molecule has 0 aliphatic heterocycles. The fourth-order valence-electron chi connectivity index (χ4n) is 2.96. The molecule has 0 aliphatic rings. The molecule has 0 spiro atoms. The molecule has 1 atom stereocenters. The average Bonchev–Trinajstić information content (AvgIpc) is 2.48. The van der Waals surface area contributed by atoms with Crippen molar-refractivity contribution in [3.8, 4) is 5.75 Å². The van der Waals surface area contributed by atoms with E-state index in [0.717, 1.165) is 25.3 Å². The molecule has 0 saturated heterocycles. The number of nitrogens with zero attached hydrogens (tertiary/aromatic N) is 1. The van der Waals surface area contributed by atoms with E-state index in [1.807, 2.05) is 6.07 Å². The second-order valence-corrected chi connectivity index (χ2v) is 6.84. The SMILES string of the molecule is CCCCCOc1cccc(C(CN)N(CC)C(C)(C)C)c1. The quantitative estimate of drug-likeness (QED) is 0.688. The van der Waals surface area contributed by atoms with Gasteiger partial charge < -0.3 is 10.5 Å². The Hall–Kier alpha value is -1.06. The first kappa shape index (κ1) is 19.0. The number of ether oxygens (including phenoxy) is 1. The number of likely N-dealkylation sites (N-methyl/N-ethyl adjacent to an activating group) is 1. The van der Waals surface area contributed by atoms with Gasteiger partial charge in [-0.1, -0.05) is 38.8 Å². The Bertz CT molecular complexity index is 426. The Labute approximate surface area is 136 Å². The zero-order valence-corrected chi connectivity index (χ0v) is 15.1. The van der Waals surface area contributed by atoms with E-state index in [1.54, 1.807) is 0 Å². The molecule has 2 N–H and O–H groups in total. The smallest absolute Gasteiger partial charge is 0.119 e. The molecule has 3 nitrogen and oxygen atoms in total.